The summed E-state index contributed by atoms with van der Waals surface area (Å²) in [4.78, 5) is 0. The second kappa shape index (κ2) is 16.6. The molecule has 6 nitrogen and oxygen atoms in total. The maximum Gasteiger partial charge on any atom is 0.530 e. The average Bonchev–Trinajstić information content (AvgIpc) is 3.39. The molecule has 8 aromatic carbocycles. The zero-order chi connectivity index (χ0) is 43.2. The van der Waals surface area contributed by atoms with E-state index in [-0.39, 0.29) is 10.8 Å². The van der Waals surface area contributed by atoms with Gasteiger partial charge in [0, 0.05) is 33.0 Å². The molecule has 8 heteroatoms. The number of aryl methyl sites for hydroxylation is 2. The summed E-state index contributed by atoms with van der Waals surface area (Å²) < 4.78 is 41.5. The SMILES string of the molecule is Cc1cc(C(C)(C)C)c2op(Oc3ccc4ccccc4c3-c3c(OP(Oc4ccccc4)Oc4ccccc4)ccc4ccccc34)oc3c(C(C)(C)C)cc(C)cc3c2c1. The van der Waals surface area contributed by atoms with Gasteiger partial charge in [0.1, 0.15) is 34.2 Å². The largest absolute Gasteiger partial charge is 0.530 e. The maximum atomic E-state index is 7.25. The molecule has 0 fully saturated rings. The first kappa shape index (κ1) is 41.2. The molecule has 0 amide bonds. The Hall–Kier alpha value is -6.19. The Labute approximate surface area is 365 Å². The minimum Gasteiger partial charge on any atom is -0.409 e. The summed E-state index contributed by atoms with van der Waals surface area (Å²) in [7, 11) is -4.08. The number of para-hydroxylation sites is 2. The third-order valence-electron chi connectivity index (χ3n) is 10.9. The molecule has 0 saturated carbocycles. The van der Waals surface area contributed by atoms with Crippen molar-refractivity contribution >= 4 is 60.3 Å². The molecule has 62 heavy (non-hydrogen) atoms. The van der Waals surface area contributed by atoms with Crippen molar-refractivity contribution in [1.29, 1.82) is 0 Å². The standard InChI is InChI=1S/C54H50O6P2/c1-35-31-43-44-32-36(2)34-46(54(6,7)8)52(44)60-62(59-51(43)45(33-35)53(3,4)5)58-48-30-28-38-20-16-18-26-42(38)50(48)49-41-25-17-15-19-37(41)27-29-47(49)57-61(55-39-21-11-9-12-22-39)56-40-23-13-10-14-24-40/h9-34H,1-8H3. The van der Waals surface area contributed by atoms with Gasteiger partial charge in [-0.05, 0) is 106 Å². The van der Waals surface area contributed by atoms with Gasteiger partial charge < -0.3 is 26.5 Å². The molecule has 0 aliphatic heterocycles. The minimum atomic E-state index is -2.08. The monoisotopic (exact) mass is 856 g/mol. The van der Waals surface area contributed by atoms with Crippen LogP contribution in [0.4, 0.5) is 0 Å². The number of rotatable bonds is 9. The van der Waals surface area contributed by atoms with Crippen LogP contribution >= 0.6 is 16.8 Å². The zero-order valence-corrected chi connectivity index (χ0v) is 38.1. The zero-order valence-electron chi connectivity index (χ0n) is 36.4. The summed E-state index contributed by atoms with van der Waals surface area (Å²) in [6, 6.07) is 52.9. The first-order valence-corrected chi connectivity index (χ1v) is 23.1. The summed E-state index contributed by atoms with van der Waals surface area (Å²) in [6.45, 7) is 17.6. The molecule has 0 saturated heterocycles. The van der Waals surface area contributed by atoms with Gasteiger partial charge in [0.05, 0.1) is 0 Å². The topological polar surface area (TPSA) is 63.2 Å². The summed E-state index contributed by atoms with van der Waals surface area (Å²) in [5.74, 6) is 2.43. The van der Waals surface area contributed by atoms with Gasteiger partial charge in [-0.3, -0.25) is 0 Å². The van der Waals surface area contributed by atoms with Crippen LogP contribution in [0.15, 0.2) is 166 Å². The molecule has 312 valence electrons. The molecule has 9 rings (SSSR count). The van der Waals surface area contributed by atoms with E-state index in [9.17, 15) is 0 Å². The Balaban J connectivity index is 1.31. The first-order valence-electron chi connectivity index (χ1n) is 20.9. The Kier molecular flexibility index (Phi) is 11.0. The fraction of sp³-hybridized carbons (Fsp3) is 0.185. The molecule has 0 spiro atoms. The molecule has 0 aliphatic rings. The van der Waals surface area contributed by atoms with Gasteiger partial charge in [0.2, 0.25) is 0 Å². The van der Waals surface area contributed by atoms with Crippen LogP contribution in [0.25, 0.3) is 54.6 Å². The van der Waals surface area contributed by atoms with E-state index in [1.807, 2.05) is 84.9 Å². The molecule has 1 aromatic heterocycles. The predicted octanol–water partition coefficient (Wildman–Crippen LogP) is 17.1. The number of fused-ring (bicyclic) bond motifs is 5. The average molecular weight is 857 g/mol. The van der Waals surface area contributed by atoms with E-state index in [4.69, 9.17) is 26.5 Å². The van der Waals surface area contributed by atoms with Crippen molar-refractivity contribution in [2.75, 3.05) is 0 Å². The van der Waals surface area contributed by atoms with Gasteiger partial charge >= 0.3 is 16.8 Å². The summed E-state index contributed by atoms with van der Waals surface area (Å²) in [5, 5.41) is 6.03. The third-order valence-corrected chi connectivity index (χ3v) is 13.0. The van der Waals surface area contributed by atoms with Crippen LogP contribution < -0.4 is 18.1 Å². The summed E-state index contributed by atoms with van der Waals surface area (Å²) >= 11 is 0. The van der Waals surface area contributed by atoms with Crippen molar-refractivity contribution in [3.63, 3.8) is 0 Å². The Bertz CT molecular complexity index is 3000. The normalized spacial score (nSPS) is 12.0. The highest BCUT2D eigenvalue weighted by atomic mass is 31.2. The molecule has 0 bridgehead atoms. The second-order valence-electron chi connectivity index (χ2n) is 17.8. The van der Waals surface area contributed by atoms with E-state index >= 15 is 0 Å². The van der Waals surface area contributed by atoms with Gasteiger partial charge in [-0.2, -0.15) is 0 Å². The number of hydrogen-bond donors (Lipinski definition) is 0. The molecule has 0 atom stereocenters. The highest BCUT2D eigenvalue weighted by Crippen LogP contribution is 2.53. The molecule has 0 unspecified atom stereocenters. The minimum absolute atomic E-state index is 0.233. The van der Waals surface area contributed by atoms with E-state index in [2.05, 4.69) is 128 Å². The fourth-order valence-corrected chi connectivity index (χ4v) is 10.1. The number of benzene rings is 8. The van der Waals surface area contributed by atoms with Crippen molar-refractivity contribution in [2.24, 2.45) is 0 Å². The third kappa shape index (κ3) is 8.38. The molecule has 0 radical (unpaired) electrons. The van der Waals surface area contributed by atoms with Crippen LogP contribution in [0.3, 0.4) is 0 Å². The van der Waals surface area contributed by atoms with E-state index in [0.29, 0.717) is 23.0 Å². The van der Waals surface area contributed by atoms with Crippen LogP contribution in [0.2, 0.25) is 0 Å². The van der Waals surface area contributed by atoms with Crippen LogP contribution in [0.5, 0.6) is 23.0 Å². The van der Waals surface area contributed by atoms with E-state index in [1.165, 1.54) is 0 Å². The molecule has 1 heterocycles. The maximum absolute atomic E-state index is 7.25. The van der Waals surface area contributed by atoms with E-state index < -0.39 is 16.8 Å². The van der Waals surface area contributed by atoms with Crippen molar-refractivity contribution < 1.29 is 26.5 Å². The van der Waals surface area contributed by atoms with Crippen LogP contribution in [0, 0.1) is 13.8 Å². The summed E-state index contributed by atoms with van der Waals surface area (Å²) in [6.07, 6.45) is 0. The van der Waals surface area contributed by atoms with Crippen LogP contribution in [-0.4, -0.2) is 0 Å². The van der Waals surface area contributed by atoms with Gasteiger partial charge in [0.15, 0.2) is 0 Å². The second-order valence-corrected chi connectivity index (χ2v) is 19.8. The molecule has 0 N–H and O–H groups in total. The van der Waals surface area contributed by atoms with Gasteiger partial charge in [-0.25, -0.2) is 0 Å². The molecule has 9 aromatic rings. The van der Waals surface area contributed by atoms with Crippen molar-refractivity contribution in [3.8, 4) is 34.1 Å². The number of hydrogen-bond acceptors (Lipinski definition) is 6. The molecule has 0 aliphatic carbocycles. The lowest BCUT2D eigenvalue weighted by molar-refractivity contribution is 0.389. The highest BCUT2D eigenvalue weighted by Gasteiger charge is 2.28. The van der Waals surface area contributed by atoms with Crippen LogP contribution in [0.1, 0.15) is 63.8 Å². The van der Waals surface area contributed by atoms with Gasteiger partial charge in [-0.15, -0.1) is 0 Å². The smallest absolute Gasteiger partial charge is 0.409 e. The first-order chi connectivity index (χ1) is 29.8. The van der Waals surface area contributed by atoms with Crippen molar-refractivity contribution in [2.45, 2.75) is 66.2 Å². The Morgan fingerprint density at radius 2 is 0.855 bits per heavy atom. The van der Waals surface area contributed by atoms with Crippen molar-refractivity contribution in [3.05, 3.63) is 180 Å². The lowest BCUT2D eigenvalue weighted by Gasteiger charge is -2.22. The Morgan fingerprint density at radius 1 is 0.435 bits per heavy atom. The lowest BCUT2D eigenvalue weighted by Crippen LogP contribution is -2.12. The lowest BCUT2D eigenvalue weighted by atomic mass is 9.83. The highest BCUT2D eigenvalue weighted by molar-refractivity contribution is 7.43. The van der Waals surface area contributed by atoms with Crippen LogP contribution in [-0.2, 0) is 10.8 Å². The van der Waals surface area contributed by atoms with Gasteiger partial charge in [0.25, 0.3) is 0 Å². The van der Waals surface area contributed by atoms with Gasteiger partial charge in [-0.1, -0.05) is 151 Å². The van der Waals surface area contributed by atoms with E-state index in [1.54, 1.807) is 0 Å². The predicted molar refractivity (Wildman–Crippen MR) is 258 cm³/mol. The van der Waals surface area contributed by atoms with E-state index in [0.717, 1.165) is 76.9 Å². The fourth-order valence-electron chi connectivity index (χ4n) is 7.98. The Morgan fingerprint density at radius 3 is 1.32 bits per heavy atom. The van der Waals surface area contributed by atoms with Crippen molar-refractivity contribution in [1.82, 2.24) is 0 Å². The molecular formula is C54H50O6P2. The quantitative estimate of drug-likeness (QED) is 0.135. The molecular weight excluding hydrogens is 807 g/mol. The summed E-state index contributed by atoms with van der Waals surface area (Å²) in [5.41, 5.74) is 7.24.